The Balaban J connectivity index is 1.37. The van der Waals surface area contributed by atoms with Crippen molar-refractivity contribution in [3.8, 4) is 17.3 Å². The SMILES string of the molecule is COC[C@@H](C)NC1CCC(Cc2cc(-c3cccc(NCC4(C#N)CCOCC4)n3)c(Cl)cn2)CC1. The van der Waals surface area contributed by atoms with Gasteiger partial charge in [-0.25, -0.2) is 4.98 Å². The van der Waals surface area contributed by atoms with Crippen molar-refractivity contribution < 1.29 is 9.47 Å². The first kappa shape index (κ1) is 26.8. The third-order valence-corrected chi connectivity index (χ3v) is 7.81. The number of hydrogen-bond donors (Lipinski definition) is 2. The molecule has 1 aliphatic carbocycles. The Morgan fingerprint density at radius 2 is 2.03 bits per heavy atom. The van der Waals surface area contributed by atoms with Crippen molar-refractivity contribution in [2.24, 2.45) is 11.3 Å². The summed E-state index contributed by atoms with van der Waals surface area (Å²) < 4.78 is 10.7. The summed E-state index contributed by atoms with van der Waals surface area (Å²) in [6.45, 7) is 4.74. The normalized spacial score (nSPS) is 22.5. The van der Waals surface area contributed by atoms with Gasteiger partial charge in [0.15, 0.2) is 0 Å². The summed E-state index contributed by atoms with van der Waals surface area (Å²) in [7, 11) is 1.75. The van der Waals surface area contributed by atoms with Crippen LogP contribution >= 0.6 is 11.6 Å². The van der Waals surface area contributed by atoms with Crippen LogP contribution in [0.2, 0.25) is 5.02 Å². The van der Waals surface area contributed by atoms with Gasteiger partial charge in [0.05, 0.1) is 28.8 Å². The molecule has 2 fully saturated rings. The number of rotatable bonds is 10. The summed E-state index contributed by atoms with van der Waals surface area (Å²) >= 11 is 6.56. The van der Waals surface area contributed by atoms with E-state index in [4.69, 9.17) is 26.1 Å². The Bertz CT molecular complexity index is 1030. The Labute approximate surface area is 220 Å². The maximum atomic E-state index is 9.73. The van der Waals surface area contributed by atoms with E-state index in [0.29, 0.717) is 42.8 Å². The predicted octanol–water partition coefficient (Wildman–Crippen LogP) is 5.26. The number of nitrogens with one attached hydrogen (secondary N) is 2. The lowest BCUT2D eigenvalue weighted by Gasteiger charge is -2.31. The van der Waals surface area contributed by atoms with Gasteiger partial charge in [0, 0.05) is 56.4 Å². The molecule has 2 aromatic heterocycles. The van der Waals surface area contributed by atoms with Crippen LogP contribution in [-0.2, 0) is 15.9 Å². The van der Waals surface area contributed by atoms with Crippen molar-refractivity contribution in [3.05, 3.63) is 41.2 Å². The Hall–Kier alpha value is -2.24. The topological polar surface area (TPSA) is 92.1 Å². The lowest BCUT2D eigenvalue weighted by molar-refractivity contribution is 0.0455. The fourth-order valence-corrected chi connectivity index (χ4v) is 5.55. The van der Waals surface area contributed by atoms with Crippen LogP contribution < -0.4 is 10.6 Å². The third kappa shape index (κ3) is 7.17. The molecule has 0 unspecified atom stereocenters. The molecule has 1 aliphatic heterocycles. The largest absolute Gasteiger partial charge is 0.383 e. The first-order valence-corrected chi connectivity index (χ1v) is 13.5. The molecule has 2 N–H and O–H groups in total. The van der Waals surface area contributed by atoms with E-state index >= 15 is 0 Å². The standard InChI is InChI=1S/C28H38ClN5O2/c1-20(17-35-2)33-22-8-6-21(7-9-22)14-23-15-24(25(29)16-31-23)26-4-3-5-27(34-26)32-19-28(18-30)10-12-36-13-11-28/h3-5,15-16,20-22,33H,6-14,17,19H2,1-2H3,(H,32,34)/t20-,21?,22?/m1/s1. The minimum Gasteiger partial charge on any atom is -0.383 e. The zero-order valence-corrected chi connectivity index (χ0v) is 22.2. The van der Waals surface area contributed by atoms with E-state index in [1.807, 2.05) is 18.2 Å². The average molecular weight is 512 g/mol. The summed E-state index contributed by atoms with van der Waals surface area (Å²) in [5.74, 6) is 1.38. The Morgan fingerprint density at radius 1 is 1.25 bits per heavy atom. The van der Waals surface area contributed by atoms with Gasteiger partial charge in [-0.1, -0.05) is 17.7 Å². The number of nitrogens with zero attached hydrogens (tertiary/aromatic N) is 3. The first-order valence-electron chi connectivity index (χ1n) is 13.1. The van der Waals surface area contributed by atoms with Crippen LogP contribution in [0, 0.1) is 22.7 Å². The van der Waals surface area contributed by atoms with Gasteiger partial charge >= 0.3 is 0 Å². The van der Waals surface area contributed by atoms with Crippen molar-refractivity contribution in [2.45, 2.75) is 64.0 Å². The van der Waals surface area contributed by atoms with Crippen LogP contribution in [0.3, 0.4) is 0 Å². The van der Waals surface area contributed by atoms with Gasteiger partial charge in [0.1, 0.15) is 5.82 Å². The molecule has 0 aromatic carbocycles. The summed E-state index contributed by atoms with van der Waals surface area (Å²) in [5, 5.41) is 17.4. The number of ether oxygens (including phenoxy) is 2. The predicted molar refractivity (Wildman–Crippen MR) is 143 cm³/mol. The molecular formula is C28H38ClN5O2. The molecule has 194 valence electrons. The highest BCUT2D eigenvalue weighted by molar-refractivity contribution is 6.33. The van der Waals surface area contributed by atoms with Gasteiger partial charge in [-0.15, -0.1) is 0 Å². The van der Waals surface area contributed by atoms with Crippen LogP contribution in [-0.4, -0.2) is 55.5 Å². The van der Waals surface area contributed by atoms with E-state index in [1.165, 1.54) is 25.7 Å². The fourth-order valence-electron chi connectivity index (χ4n) is 5.35. The van der Waals surface area contributed by atoms with Gasteiger partial charge in [-0.3, -0.25) is 4.98 Å². The van der Waals surface area contributed by atoms with Crippen LogP contribution in [0.15, 0.2) is 30.5 Å². The highest BCUT2D eigenvalue weighted by Crippen LogP contribution is 2.32. The van der Waals surface area contributed by atoms with Crippen molar-refractivity contribution in [1.29, 1.82) is 5.26 Å². The molecule has 7 nitrogen and oxygen atoms in total. The van der Waals surface area contributed by atoms with Crippen molar-refractivity contribution in [3.63, 3.8) is 0 Å². The second kappa shape index (κ2) is 12.8. The number of anilines is 1. The molecule has 1 atom stereocenters. The van der Waals surface area contributed by atoms with E-state index in [-0.39, 0.29) is 0 Å². The van der Waals surface area contributed by atoms with Gasteiger partial charge < -0.3 is 20.1 Å². The van der Waals surface area contributed by atoms with E-state index in [9.17, 15) is 5.26 Å². The van der Waals surface area contributed by atoms with Crippen LogP contribution in [0.25, 0.3) is 11.3 Å². The number of aromatic nitrogens is 2. The van der Waals surface area contributed by atoms with Crippen LogP contribution in [0.5, 0.6) is 0 Å². The molecule has 0 spiro atoms. The lowest BCUT2D eigenvalue weighted by Crippen LogP contribution is -2.41. The minimum absolute atomic E-state index is 0.386. The molecule has 2 aliphatic rings. The molecule has 0 bridgehead atoms. The maximum absolute atomic E-state index is 9.73. The van der Waals surface area contributed by atoms with Crippen LogP contribution in [0.1, 0.15) is 51.1 Å². The molecule has 8 heteroatoms. The summed E-state index contributed by atoms with van der Waals surface area (Å²) in [6, 6.07) is 11.4. The molecule has 2 aromatic rings. The van der Waals surface area contributed by atoms with E-state index in [2.05, 4.69) is 34.7 Å². The molecular weight excluding hydrogens is 474 g/mol. The second-order valence-electron chi connectivity index (χ2n) is 10.4. The van der Waals surface area contributed by atoms with Gasteiger partial charge in [0.2, 0.25) is 0 Å². The molecule has 36 heavy (non-hydrogen) atoms. The van der Waals surface area contributed by atoms with E-state index < -0.39 is 5.41 Å². The molecule has 0 amide bonds. The zero-order chi connectivity index (χ0) is 25.4. The summed E-state index contributed by atoms with van der Waals surface area (Å²) in [6.07, 6.45) is 8.94. The number of halogens is 1. The first-order chi connectivity index (χ1) is 17.5. The summed E-state index contributed by atoms with van der Waals surface area (Å²) in [5.41, 5.74) is 2.36. The smallest absolute Gasteiger partial charge is 0.126 e. The fraction of sp³-hybridized carbons (Fsp3) is 0.607. The minimum atomic E-state index is -0.409. The molecule has 4 rings (SSSR count). The molecule has 1 saturated carbocycles. The molecule has 3 heterocycles. The van der Waals surface area contributed by atoms with Crippen LogP contribution in [0.4, 0.5) is 5.82 Å². The molecule has 0 radical (unpaired) electrons. The zero-order valence-electron chi connectivity index (χ0n) is 21.4. The van der Waals surface area contributed by atoms with E-state index in [0.717, 1.165) is 48.6 Å². The number of nitriles is 1. The van der Waals surface area contributed by atoms with E-state index in [1.54, 1.807) is 13.3 Å². The highest BCUT2D eigenvalue weighted by atomic mass is 35.5. The van der Waals surface area contributed by atoms with Crippen molar-refractivity contribution in [1.82, 2.24) is 15.3 Å². The molecule has 1 saturated heterocycles. The Morgan fingerprint density at radius 3 is 2.75 bits per heavy atom. The average Bonchev–Trinajstić information content (AvgIpc) is 2.90. The van der Waals surface area contributed by atoms with Gasteiger partial charge in [0.25, 0.3) is 0 Å². The summed E-state index contributed by atoms with van der Waals surface area (Å²) in [4.78, 5) is 9.45. The third-order valence-electron chi connectivity index (χ3n) is 7.51. The monoisotopic (exact) mass is 511 g/mol. The number of hydrogen-bond acceptors (Lipinski definition) is 7. The van der Waals surface area contributed by atoms with Crippen molar-refractivity contribution in [2.75, 3.05) is 38.8 Å². The lowest BCUT2D eigenvalue weighted by atomic mass is 9.82. The Kier molecular flexibility index (Phi) is 9.55. The van der Waals surface area contributed by atoms with Gasteiger partial charge in [-0.05, 0) is 76.0 Å². The number of pyridine rings is 2. The maximum Gasteiger partial charge on any atom is 0.126 e. The van der Waals surface area contributed by atoms with Gasteiger partial charge in [-0.2, -0.15) is 5.26 Å². The number of methoxy groups -OCH3 is 1. The van der Waals surface area contributed by atoms with Crippen molar-refractivity contribution >= 4 is 17.4 Å². The second-order valence-corrected chi connectivity index (χ2v) is 10.8. The highest BCUT2D eigenvalue weighted by Gasteiger charge is 2.32. The quantitative estimate of drug-likeness (QED) is 0.449.